The molecule has 108 valence electrons. The molecule has 1 atom stereocenters. The lowest BCUT2D eigenvalue weighted by Crippen LogP contribution is -2.45. The molecule has 1 saturated carbocycles. The van der Waals surface area contributed by atoms with Gasteiger partial charge in [0.15, 0.2) is 5.78 Å². The van der Waals surface area contributed by atoms with Gasteiger partial charge in [-0.2, -0.15) is 0 Å². The molecule has 1 aliphatic carbocycles. The average molecular weight is 271 g/mol. The van der Waals surface area contributed by atoms with Gasteiger partial charge in [0, 0.05) is 5.56 Å². The van der Waals surface area contributed by atoms with Crippen molar-refractivity contribution in [1.29, 1.82) is 0 Å². The largest absolute Gasteiger partial charge is 0.293 e. The number of hydrogen-bond donors (Lipinski definition) is 0. The van der Waals surface area contributed by atoms with E-state index >= 15 is 0 Å². The predicted octanol–water partition coefficient (Wildman–Crippen LogP) is 3.91. The molecule has 0 N–H and O–H groups in total. The zero-order chi connectivity index (χ0) is 13.8. The summed E-state index contributed by atoms with van der Waals surface area (Å²) in [7, 11) is 0. The van der Waals surface area contributed by atoms with E-state index in [1.807, 2.05) is 30.3 Å². The Kier molecular flexibility index (Phi) is 4.51. The van der Waals surface area contributed by atoms with Crippen LogP contribution in [0.15, 0.2) is 30.3 Å². The van der Waals surface area contributed by atoms with Crippen LogP contribution in [-0.2, 0) is 0 Å². The van der Waals surface area contributed by atoms with E-state index in [2.05, 4.69) is 4.90 Å². The molecule has 20 heavy (non-hydrogen) atoms. The molecule has 0 radical (unpaired) electrons. The first-order valence-corrected chi connectivity index (χ1v) is 8.19. The first-order chi connectivity index (χ1) is 9.86. The Bertz CT molecular complexity index is 430. The van der Waals surface area contributed by atoms with Crippen LogP contribution in [0, 0.1) is 5.92 Å². The Hall–Kier alpha value is -1.15. The fourth-order valence-corrected chi connectivity index (χ4v) is 3.92. The monoisotopic (exact) mass is 271 g/mol. The maximum Gasteiger partial charge on any atom is 0.180 e. The molecule has 2 heteroatoms. The standard InChI is InChI=1S/C18H25NO/c20-18(16-11-5-2-6-12-16)17(19-13-7-8-14-19)15-9-3-1-4-10-15/h2,5-6,11-12,15,17H,1,3-4,7-10,13-14H2. The summed E-state index contributed by atoms with van der Waals surface area (Å²) in [5.74, 6) is 0.939. The van der Waals surface area contributed by atoms with Crippen LogP contribution in [0.5, 0.6) is 0 Å². The van der Waals surface area contributed by atoms with Gasteiger partial charge in [0.2, 0.25) is 0 Å². The van der Waals surface area contributed by atoms with Gasteiger partial charge in [-0.25, -0.2) is 0 Å². The van der Waals surface area contributed by atoms with E-state index in [9.17, 15) is 4.79 Å². The third-order valence-corrected chi connectivity index (χ3v) is 4.96. The molecule has 1 aromatic rings. The van der Waals surface area contributed by atoms with Crippen molar-refractivity contribution in [3.63, 3.8) is 0 Å². The topological polar surface area (TPSA) is 20.3 Å². The molecule has 1 saturated heterocycles. The third-order valence-electron chi connectivity index (χ3n) is 4.96. The lowest BCUT2D eigenvalue weighted by atomic mass is 9.80. The lowest BCUT2D eigenvalue weighted by molar-refractivity contribution is 0.0721. The summed E-state index contributed by atoms with van der Waals surface area (Å²) in [6.45, 7) is 2.22. The number of benzene rings is 1. The fraction of sp³-hybridized carbons (Fsp3) is 0.611. The summed E-state index contributed by atoms with van der Waals surface area (Å²) >= 11 is 0. The van der Waals surface area contributed by atoms with E-state index in [-0.39, 0.29) is 6.04 Å². The zero-order valence-electron chi connectivity index (χ0n) is 12.3. The van der Waals surface area contributed by atoms with Gasteiger partial charge in [0.1, 0.15) is 0 Å². The summed E-state index contributed by atoms with van der Waals surface area (Å²) in [4.78, 5) is 15.5. The minimum Gasteiger partial charge on any atom is -0.293 e. The van der Waals surface area contributed by atoms with Gasteiger partial charge in [-0.15, -0.1) is 0 Å². The van der Waals surface area contributed by atoms with Crippen LogP contribution in [0.3, 0.4) is 0 Å². The van der Waals surface area contributed by atoms with Crippen LogP contribution in [0.2, 0.25) is 0 Å². The second kappa shape index (κ2) is 6.53. The Morgan fingerprint density at radius 1 is 0.950 bits per heavy atom. The second-order valence-corrected chi connectivity index (χ2v) is 6.32. The van der Waals surface area contributed by atoms with Crippen molar-refractivity contribution in [3.05, 3.63) is 35.9 Å². The molecule has 1 aromatic carbocycles. The molecular weight excluding hydrogens is 246 g/mol. The van der Waals surface area contributed by atoms with Gasteiger partial charge in [-0.3, -0.25) is 9.69 Å². The number of likely N-dealkylation sites (tertiary alicyclic amines) is 1. The summed E-state index contributed by atoms with van der Waals surface area (Å²) in [5.41, 5.74) is 0.898. The van der Waals surface area contributed by atoms with Gasteiger partial charge < -0.3 is 0 Å². The van der Waals surface area contributed by atoms with E-state index < -0.39 is 0 Å². The normalized spacial score (nSPS) is 22.8. The highest BCUT2D eigenvalue weighted by Gasteiger charge is 2.35. The number of carbonyl (C=O) groups excluding carboxylic acids is 1. The summed E-state index contributed by atoms with van der Waals surface area (Å²) in [5, 5.41) is 0. The van der Waals surface area contributed by atoms with Crippen molar-refractivity contribution in [2.24, 2.45) is 5.92 Å². The molecule has 1 heterocycles. The molecule has 2 nitrogen and oxygen atoms in total. The Balaban J connectivity index is 1.82. The average Bonchev–Trinajstić information content (AvgIpc) is 3.03. The van der Waals surface area contributed by atoms with Crippen LogP contribution in [0.4, 0.5) is 0 Å². The van der Waals surface area contributed by atoms with Gasteiger partial charge in [-0.05, 0) is 44.7 Å². The number of hydrogen-bond acceptors (Lipinski definition) is 2. The van der Waals surface area contributed by atoms with Crippen molar-refractivity contribution in [1.82, 2.24) is 4.90 Å². The van der Waals surface area contributed by atoms with Crippen molar-refractivity contribution >= 4 is 5.78 Å². The highest BCUT2D eigenvalue weighted by atomic mass is 16.1. The van der Waals surface area contributed by atoms with E-state index in [0.717, 1.165) is 18.7 Å². The molecule has 2 fully saturated rings. The highest BCUT2D eigenvalue weighted by Crippen LogP contribution is 2.32. The van der Waals surface area contributed by atoms with Crippen LogP contribution in [0.1, 0.15) is 55.3 Å². The molecular formula is C18H25NO. The van der Waals surface area contributed by atoms with Gasteiger partial charge >= 0.3 is 0 Å². The van der Waals surface area contributed by atoms with E-state index in [0.29, 0.717) is 11.7 Å². The Morgan fingerprint density at radius 2 is 1.60 bits per heavy atom. The van der Waals surface area contributed by atoms with Crippen LogP contribution < -0.4 is 0 Å². The van der Waals surface area contributed by atoms with Crippen LogP contribution in [0.25, 0.3) is 0 Å². The van der Waals surface area contributed by atoms with Gasteiger partial charge in [-0.1, -0.05) is 49.6 Å². The Labute approximate surface area is 122 Å². The smallest absolute Gasteiger partial charge is 0.180 e. The summed E-state index contributed by atoms with van der Waals surface area (Å²) in [6.07, 6.45) is 8.94. The maximum absolute atomic E-state index is 13.0. The Morgan fingerprint density at radius 3 is 2.25 bits per heavy atom. The van der Waals surface area contributed by atoms with Gasteiger partial charge in [0.25, 0.3) is 0 Å². The molecule has 3 rings (SSSR count). The lowest BCUT2D eigenvalue weighted by Gasteiger charge is -2.35. The predicted molar refractivity (Wildman–Crippen MR) is 81.9 cm³/mol. The SMILES string of the molecule is O=C(c1ccccc1)C(C1CCCCC1)N1CCCC1. The molecule has 2 aliphatic rings. The van der Waals surface area contributed by atoms with Gasteiger partial charge in [0.05, 0.1) is 6.04 Å². The minimum absolute atomic E-state index is 0.139. The number of ketones is 1. The third kappa shape index (κ3) is 2.95. The molecule has 1 aliphatic heterocycles. The second-order valence-electron chi connectivity index (χ2n) is 6.32. The quantitative estimate of drug-likeness (QED) is 0.774. The number of carbonyl (C=O) groups is 1. The minimum atomic E-state index is 0.139. The molecule has 0 amide bonds. The van der Waals surface area contributed by atoms with Crippen molar-refractivity contribution in [2.45, 2.75) is 51.0 Å². The molecule has 1 unspecified atom stereocenters. The van der Waals surface area contributed by atoms with Crippen LogP contribution >= 0.6 is 0 Å². The number of Topliss-reactive ketones (excluding diaryl/α,β-unsaturated/α-hetero) is 1. The van der Waals surface area contributed by atoms with Crippen molar-refractivity contribution in [3.8, 4) is 0 Å². The fourth-order valence-electron chi connectivity index (χ4n) is 3.92. The zero-order valence-corrected chi connectivity index (χ0v) is 12.3. The van der Waals surface area contributed by atoms with E-state index in [1.54, 1.807) is 0 Å². The first-order valence-electron chi connectivity index (χ1n) is 8.19. The molecule has 0 spiro atoms. The van der Waals surface area contributed by atoms with E-state index in [1.165, 1.54) is 44.9 Å². The first kappa shape index (κ1) is 13.8. The van der Waals surface area contributed by atoms with Crippen molar-refractivity contribution < 1.29 is 4.79 Å². The summed E-state index contributed by atoms with van der Waals surface area (Å²) < 4.78 is 0. The highest BCUT2D eigenvalue weighted by molar-refractivity contribution is 6.00. The van der Waals surface area contributed by atoms with E-state index in [4.69, 9.17) is 0 Å². The molecule has 0 bridgehead atoms. The summed E-state index contributed by atoms with van der Waals surface area (Å²) in [6, 6.07) is 10.1. The number of rotatable bonds is 4. The maximum atomic E-state index is 13.0. The molecule has 0 aromatic heterocycles. The van der Waals surface area contributed by atoms with Crippen molar-refractivity contribution in [2.75, 3.05) is 13.1 Å². The van der Waals surface area contributed by atoms with Crippen LogP contribution in [-0.4, -0.2) is 29.8 Å². The number of nitrogens with zero attached hydrogens (tertiary/aromatic N) is 1.